The lowest BCUT2D eigenvalue weighted by Gasteiger charge is -2.10. The van der Waals surface area contributed by atoms with Gasteiger partial charge in [-0.05, 0) is 50.1 Å². The summed E-state index contributed by atoms with van der Waals surface area (Å²) in [7, 11) is 0. The van der Waals surface area contributed by atoms with Crippen molar-refractivity contribution in [3.05, 3.63) is 58.3 Å². The highest BCUT2D eigenvalue weighted by Gasteiger charge is 2.12. The second-order valence-corrected chi connectivity index (χ2v) is 6.92. The summed E-state index contributed by atoms with van der Waals surface area (Å²) < 4.78 is 11.0. The molecule has 130 valence electrons. The summed E-state index contributed by atoms with van der Waals surface area (Å²) in [5, 5.41) is 3.70. The van der Waals surface area contributed by atoms with Crippen LogP contribution >= 0.6 is 11.3 Å². The van der Waals surface area contributed by atoms with Gasteiger partial charge in [0.05, 0.1) is 18.5 Å². The molecule has 0 fully saturated rings. The van der Waals surface area contributed by atoms with E-state index >= 15 is 0 Å². The fourth-order valence-electron chi connectivity index (χ4n) is 2.33. The Labute approximate surface area is 150 Å². The maximum Gasteiger partial charge on any atom is 0.258 e. The van der Waals surface area contributed by atoms with Crippen molar-refractivity contribution in [3.8, 4) is 16.5 Å². The molecule has 25 heavy (non-hydrogen) atoms. The van der Waals surface area contributed by atoms with Gasteiger partial charge < -0.3 is 14.5 Å². The van der Waals surface area contributed by atoms with E-state index in [4.69, 9.17) is 9.15 Å². The van der Waals surface area contributed by atoms with Crippen LogP contribution in [-0.2, 0) is 11.3 Å². The Bertz CT molecular complexity index is 869. The van der Waals surface area contributed by atoms with Crippen molar-refractivity contribution in [1.82, 2.24) is 10.3 Å². The summed E-state index contributed by atoms with van der Waals surface area (Å²) in [5.74, 6) is 1.32. The SMILES string of the molecule is Cc1ccc(C)c(OCC(=O)NCc2sc(-c3ccco3)nc2C)c1. The quantitative estimate of drug-likeness (QED) is 0.724. The fourth-order valence-corrected chi connectivity index (χ4v) is 3.30. The van der Waals surface area contributed by atoms with E-state index in [2.05, 4.69) is 10.3 Å². The molecule has 0 aliphatic rings. The number of nitrogens with one attached hydrogen (secondary N) is 1. The number of aryl methyl sites for hydroxylation is 3. The van der Waals surface area contributed by atoms with Crippen molar-refractivity contribution >= 4 is 17.2 Å². The number of rotatable bonds is 6. The predicted molar refractivity (Wildman–Crippen MR) is 97.8 cm³/mol. The number of amides is 1. The lowest BCUT2D eigenvalue weighted by atomic mass is 10.1. The summed E-state index contributed by atoms with van der Waals surface area (Å²) >= 11 is 1.52. The lowest BCUT2D eigenvalue weighted by Crippen LogP contribution is -2.28. The molecular formula is C19H20N2O3S. The summed E-state index contributed by atoms with van der Waals surface area (Å²) in [6, 6.07) is 9.65. The molecule has 5 nitrogen and oxygen atoms in total. The Hall–Kier alpha value is -2.60. The van der Waals surface area contributed by atoms with E-state index in [9.17, 15) is 4.79 Å². The number of ether oxygens (including phenoxy) is 1. The number of carbonyl (C=O) groups excluding carboxylic acids is 1. The highest BCUT2D eigenvalue weighted by molar-refractivity contribution is 7.15. The molecule has 3 aromatic rings. The zero-order valence-electron chi connectivity index (χ0n) is 14.5. The van der Waals surface area contributed by atoms with Crippen LogP contribution in [0.5, 0.6) is 5.75 Å². The number of thiazole rings is 1. The zero-order valence-corrected chi connectivity index (χ0v) is 15.3. The van der Waals surface area contributed by atoms with Gasteiger partial charge in [0.25, 0.3) is 5.91 Å². The molecule has 0 spiro atoms. The van der Waals surface area contributed by atoms with Gasteiger partial charge in [-0.1, -0.05) is 12.1 Å². The van der Waals surface area contributed by atoms with E-state index in [0.717, 1.165) is 38.2 Å². The average molecular weight is 356 g/mol. The fraction of sp³-hybridized carbons (Fsp3) is 0.263. The van der Waals surface area contributed by atoms with Gasteiger partial charge in [-0.25, -0.2) is 4.98 Å². The molecule has 2 aromatic heterocycles. The topological polar surface area (TPSA) is 64.4 Å². The van der Waals surface area contributed by atoms with Gasteiger partial charge in [-0.3, -0.25) is 4.79 Å². The average Bonchev–Trinajstić information content (AvgIpc) is 3.23. The minimum Gasteiger partial charge on any atom is -0.483 e. The Morgan fingerprint density at radius 1 is 1.28 bits per heavy atom. The molecule has 0 aliphatic carbocycles. The van der Waals surface area contributed by atoms with E-state index in [1.165, 1.54) is 11.3 Å². The summed E-state index contributed by atoms with van der Waals surface area (Å²) in [6.07, 6.45) is 1.62. The highest BCUT2D eigenvalue weighted by Crippen LogP contribution is 2.28. The number of benzene rings is 1. The monoisotopic (exact) mass is 356 g/mol. The van der Waals surface area contributed by atoms with Crippen molar-refractivity contribution in [2.45, 2.75) is 27.3 Å². The first kappa shape index (κ1) is 17.2. The van der Waals surface area contributed by atoms with Crippen molar-refractivity contribution < 1.29 is 13.9 Å². The maximum atomic E-state index is 12.1. The third-order valence-electron chi connectivity index (χ3n) is 3.77. The first-order chi connectivity index (χ1) is 12.0. The maximum absolute atomic E-state index is 12.1. The largest absolute Gasteiger partial charge is 0.483 e. The van der Waals surface area contributed by atoms with Crippen molar-refractivity contribution in [2.75, 3.05) is 6.61 Å². The number of hydrogen-bond acceptors (Lipinski definition) is 5. The molecule has 0 saturated carbocycles. The Morgan fingerprint density at radius 3 is 2.88 bits per heavy atom. The van der Waals surface area contributed by atoms with Crippen LogP contribution in [0.1, 0.15) is 21.7 Å². The molecule has 3 rings (SSSR count). The van der Waals surface area contributed by atoms with Crippen LogP contribution in [0, 0.1) is 20.8 Å². The van der Waals surface area contributed by atoms with Gasteiger partial charge in [-0.15, -0.1) is 11.3 Å². The second kappa shape index (κ2) is 7.53. The van der Waals surface area contributed by atoms with Gasteiger partial charge in [0.2, 0.25) is 0 Å². The van der Waals surface area contributed by atoms with Crippen LogP contribution in [0.25, 0.3) is 10.8 Å². The Morgan fingerprint density at radius 2 is 2.12 bits per heavy atom. The molecule has 1 aromatic carbocycles. The van der Waals surface area contributed by atoms with Crippen molar-refractivity contribution in [3.63, 3.8) is 0 Å². The number of hydrogen-bond donors (Lipinski definition) is 1. The first-order valence-electron chi connectivity index (χ1n) is 8.00. The second-order valence-electron chi connectivity index (χ2n) is 5.84. The van der Waals surface area contributed by atoms with E-state index < -0.39 is 0 Å². The minimum absolute atomic E-state index is 0.00676. The van der Waals surface area contributed by atoms with Gasteiger partial charge in [0, 0.05) is 4.88 Å². The van der Waals surface area contributed by atoms with E-state index in [-0.39, 0.29) is 12.5 Å². The van der Waals surface area contributed by atoms with Crippen molar-refractivity contribution in [2.24, 2.45) is 0 Å². The van der Waals surface area contributed by atoms with Gasteiger partial charge >= 0.3 is 0 Å². The zero-order chi connectivity index (χ0) is 17.8. The van der Waals surface area contributed by atoms with E-state index in [0.29, 0.717) is 6.54 Å². The van der Waals surface area contributed by atoms with E-state index in [1.807, 2.05) is 51.1 Å². The van der Waals surface area contributed by atoms with Crippen molar-refractivity contribution in [1.29, 1.82) is 0 Å². The van der Waals surface area contributed by atoms with E-state index in [1.54, 1.807) is 6.26 Å². The number of nitrogens with zero attached hydrogens (tertiary/aromatic N) is 1. The molecule has 0 unspecified atom stereocenters. The molecule has 1 amide bonds. The number of carbonyl (C=O) groups is 1. The van der Waals surface area contributed by atoms with Crippen LogP contribution in [0.3, 0.4) is 0 Å². The van der Waals surface area contributed by atoms with Crippen LogP contribution in [0.4, 0.5) is 0 Å². The number of aromatic nitrogens is 1. The molecule has 0 bridgehead atoms. The molecular weight excluding hydrogens is 336 g/mol. The van der Waals surface area contributed by atoms with Crippen LogP contribution in [-0.4, -0.2) is 17.5 Å². The molecule has 0 aliphatic heterocycles. The van der Waals surface area contributed by atoms with Gasteiger partial charge in [0.15, 0.2) is 17.4 Å². The predicted octanol–water partition coefficient (Wildman–Crippen LogP) is 4.02. The van der Waals surface area contributed by atoms with Crippen LogP contribution in [0.15, 0.2) is 41.0 Å². The Kier molecular flexibility index (Phi) is 5.19. The molecule has 2 heterocycles. The molecule has 6 heteroatoms. The Balaban J connectivity index is 1.55. The lowest BCUT2D eigenvalue weighted by molar-refractivity contribution is -0.123. The summed E-state index contributed by atoms with van der Waals surface area (Å²) in [4.78, 5) is 17.6. The summed E-state index contributed by atoms with van der Waals surface area (Å²) in [5.41, 5.74) is 3.01. The molecule has 0 radical (unpaired) electrons. The smallest absolute Gasteiger partial charge is 0.258 e. The summed E-state index contributed by atoms with van der Waals surface area (Å²) in [6.45, 7) is 6.31. The van der Waals surface area contributed by atoms with Crippen LogP contribution < -0.4 is 10.1 Å². The standard InChI is InChI=1S/C19H20N2O3S/c1-12-6-7-13(2)16(9-12)24-11-18(22)20-10-17-14(3)21-19(25-17)15-5-4-8-23-15/h4-9H,10-11H2,1-3H3,(H,20,22). The first-order valence-corrected chi connectivity index (χ1v) is 8.81. The van der Waals surface area contributed by atoms with Crippen LogP contribution in [0.2, 0.25) is 0 Å². The molecule has 1 N–H and O–H groups in total. The molecule has 0 atom stereocenters. The highest BCUT2D eigenvalue weighted by atomic mass is 32.1. The third-order valence-corrected chi connectivity index (χ3v) is 4.95. The van der Waals surface area contributed by atoms with Gasteiger partial charge in [-0.2, -0.15) is 0 Å². The number of furan rings is 1. The molecule has 0 saturated heterocycles. The normalized spacial score (nSPS) is 10.7. The minimum atomic E-state index is -0.159. The third kappa shape index (κ3) is 4.28. The van der Waals surface area contributed by atoms with Gasteiger partial charge in [0.1, 0.15) is 5.75 Å².